The first-order chi connectivity index (χ1) is 7.62. The van der Waals surface area contributed by atoms with Gasteiger partial charge in [0.25, 0.3) is 0 Å². The van der Waals surface area contributed by atoms with Gasteiger partial charge in [-0.25, -0.2) is 0 Å². The molecule has 0 saturated carbocycles. The minimum atomic E-state index is 0. The largest absolute Gasteiger partial charge is 1.00 e. The van der Waals surface area contributed by atoms with Gasteiger partial charge in [-0.1, -0.05) is 52.4 Å². The number of nitrogens with zero attached hydrogens (tertiary/aromatic N) is 1. The smallest absolute Gasteiger partial charge is 0.0782 e. The summed E-state index contributed by atoms with van der Waals surface area (Å²) in [7, 11) is 4.73. The van der Waals surface area contributed by atoms with Crippen molar-refractivity contribution in [1.82, 2.24) is 0 Å². The van der Waals surface area contributed by atoms with Crippen LogP contribution in [0.1, 0.15) is 71.6 Å². The van der Waals surface area contributed by atoms with E-state index in [1.807, 2.05) is 0 Å². The molecular formula is C15H34BrN. The zero-order chi connectivity index (χ0) is 12.3. The normalized spacial score (nSPS) is 11.3. The Morgan fingerprint density at radius 1 is 0.588 bits per heavy atom. The molecule has 1 nitrogen and oxygen atoms in total. The highest BCUT2D eigenvalue weighted by atomic mass is 79.9. The summed E-state index contributed by atoms with van der Waals surface area (Å²) in [5.74, 6) is 0. The molecule has 0 spiro atoms. The number of halogens is 1. The van der Waals surface area contributed by atoms with Crippen molar-refractivity contribution in [3.8, 4) is 0 Å². The van der Waals surface area contributed by atoms with Crippen molar-refractivity contribution in [3.05, 3.63) is 0 Å². The van der Waals surface area contributed by atoms with E-state index in [2.05, 4.69) is 27.9 Å². The first-order valence-electron chi connectivity index (χ1n) is 7.44. The molecule has 0 heterocycles. The molecule has 0 aliphatic heterocycles. The molecule has 0 rings (SSSR count). The Morgan fingerprint density at radius 2 is 1.06 bits per heavy atom. The maximum Gasteiger partial charge on any atom is 0.0782 e. The van der Waals surface area contributed by atoms with Crippen molar-refractivity contribution in [2.24, 2.45) is 0 Å². The van der Waals surface area contributed by atoms with Gasteiger partial charge in [0.05, 0.1) is 27.2 Å². The average Bonchev–Trinajstić information content (AvgIpc) is 2.22. The van der Waals surface area contributed by atoms with Crippen molar-refractivity contribution in [3.63, 3.8) is 0 Å². The van der Waals surface area contributed by atoms with Gasteiger partial charge in [0.15, 0.2) is 0 Å². The lowest BCUT2D eigenvalue weighted by molar-refractivity contribution is -0.890. The van der Waals surface area contributed by atoms with Crippen LogP contribution in [0.25, 0.3) is 0 Å². The van der Waals surface area contributed by atoms with Gasteiger partial charge in [-0.15, -0.1) is 0 Å². The molecule has 0 bridgehead atoms. The van der Waals surface area contributed by atoms with Crippen LogP contribution in [0.2, 0.25) is 0 Å². The van der Waals surface area contributed by atoms with Crippen LogP contribution < -0.4 is 17.0 Å². The van der Waals surface area contributed by atoms with Crippen LogP contribution in [0.4, 0.5) is 0 Å². The van der Waals surface area contributed by atoms with Crippen molar-refractivity contribution in [2.75, 3.05) is 27.2 Å². The van der Waals surface area contributed by atoms with E-state index in [9.17, 15) is 0 Å². The van der Waals surface area contributed by atoms with Gasteiger partial charge in [-0.05, 0) is 19.3 Å². The summed E-state index contributed by atoms with van der Waals surface area (Å²) in [5, 5.41) is 0. The van der Waals surface area contributed by atoms with Gasteiger partial charge >= 0.3 is 0 Å². The van der Waals surface area contributed by atoms with Gasteiger partial charge in [-0.2, -0.15) is 0 Å². The summed E-state index contributed by atoms with van der Waals surface area (Å²) in [4.78, 5) is 0. The minimum Gasteiger partial charge on any atom is -1.00 e. The molecule has 0 aromatic rings. The van der Waals surface area contributed by atoms with E-state index < -0.39 is 0 Å². The number of hydrogen-bond acceptors (Lipinski definition) is 0. The van der Waals surface area contributed by atoms with E-state index in [1.54, 1.807) is 0 Å². The molecule has 2 heteroatoms. The van der Waals surface area contributed by atoms with Gasteiger partial charge in [0, 0.05) is 0 Å². The Kier molecular flexibility index (Phi) is 15.0. The maximum absolute atomic E-state index is 2.37. The van der Waals surface area contributed by atoms with E-state index in [4.69, 9.17) is 0 Å². The van der Waals surface area contributed by atoms with E-state index in [0.29, 0.717) is 0 Å². The van der Waals surface area contributed by atoms with Crippen molar-refractivity contribution in [2.45, 2.75) is 71.6 Å². The molecule has 0 N–H and O–H groups in total. The van der Waals surface area contributed by atoms with Crippen molar-refractivity contribution in [1.29, 1.82) is 0 Å². The van der Waals surface area contributed by atoms with Crippen LogP contribution in [0.5, 0.6) is 0 Å². The highest BCUT2D eigenvalue weighted by Gasteiger charge is 2.11. The molecular weight excluding hydrogens is 274 g/mol. The van der Waals surface area contributed by atoms with Crippen molar-refractivity contribution >= 4 is 0 Å². The second kappa shape index (κ2) is 12.9. The summed E-state index contributed by atoms with van der Waals surface area (Å²) in [6.07, 6.45) is 12.8. The topological polar surface area (TPSA) is 0 Å². The minimum absolute atomic E-state index is 0. The van der Waals surface area contributed by atoms with Gasteiger partial charge < -0.3 is 21.5 Å². The van der Waals surface area contributed by atoms with E-state index in [0.717, 1.165) is 0 Å². The molecule has 0 fully saturated rings. The lowest BCUT2D eigenvalue weighted by Crippen LogP contribution is -3.00. The van der Waals surface area contributed by atoms with Crippen LogP contribution in [-0.4, -0.2) is 31.7 Å². The third-order valence-corrected chi connectivity index (χ3v) is 3.45. The second-order valence-electron chi connectivity index (χ2n) is 5.86. The molecule has 17 heavy (non-hydrogen) atoms. The SMILES string of the molecule is CCCCCCCCCC[N+](C)(C)CCC.[Br-]. The second-order valence-corrected chi connectivity index (χ2v) is 5.86. The fraction of sp³-hybridized carbons (Fsp3) is 1.00. The Balaban J connectivity index is 0. The summed E-state index contributed by atoms with van der Waals surface area (Å²) in [5.41, 5.74) is 0. The molecule has 106 valence electrons. The Hall–Kier alpha value is 0.440. The fourth-order valence-electron chi connectivity index (χ4n) is 2.39. The predicted molar refractivity (Wildman–Crippen MR) is 74.7 cm³/mol. The van der Waals surface area contributed by atoms with E-state index in [1.165, 1.54) is 75.4 Å². The lowest BCUT2D eigenvalue weighted by Gasteiger charge is -2.29. The molecule has 0 aromatic heterocycles. The summed E-state index contributed by atoms with van der Waals surface area (Å²) in [6, 6.07) is 0. The van der Waals surface area contributed by atoms with Gasteiger partial charge in [-0.3, -0.25) is 0 Å². The first kappa shape index (κ1) is 19.8. The fourth-order valence-corrected chi connectivity index (χ4v) is 2.39. The third kappa shape index (κ3) is 14.4. The lowest BCUT2D eigenvalue weighted by atomic mass is 10.1. The van der Waals surface area contributed by atoms with Gasteiger partial charge in [0.2, 0.25) is 0 Å². The summed E-state index contributed by atoms with van der Waals surface area (Å²) < 4.78 is 1.21. The first-order valence-corrected chi connectivity index (χ1v) is 7.44. The molecule has 0 unspecified atom stereocenters. The number of unbranched alkanes of at least 4 members (excludes halogenated alkanes) is 7. The molecule has 0 aromatic carbocycles. The molecule has 0 saturated heterocycles. The van der Waals surface area contributed by atoms with Crippen LogP contribution >= 0.6 is 0 Å². The summed E-state index contributed by atoms with van der Waals surface area (Å²) in [6.45, 7) is 7.26. The highest BCUT2D eigenvalue weighted by molar-refractivity contribution is 4.46. The Morgan fingerprint density at radius 3 is 1.53 bits per heavy atom. The predicted octanol–water partition coefficient (Wildman–Crippen LogP) is 1.62. The molecule has 0 amide bonds. The highest BCUT2D eigenvalue weighted by Crippen LogP contribution is 2.10. The summed E-state index contributed by atoms with van der Waals surface area (Å²) >= 11 is 0. The Labute approximate surface area is 120 Å². The van der Waals surface area contributed by atoms with E-state index in [-0.39, 0.29) is 17.0 Å². The van der Waals surface area contributed by atoms with E-state index >= 15 is 0 Å². The van der Waals surface area contributed by atoms with Crippen LogP contribution in [-0.2, 0) is 0 Å². The van der Waals surface area contributed by atoms with Crippen molar-refractivity contribution < 1.29 is 21.5 Å². The molecule has 0 radical (unpaired) electrons. The maximum atomic E-state index is 2.37. The quantitative estimate of drug-likeness (QED) is 0.402. The number of rotatable bonds is 11. The third-order valence-electron chi connectivity index (χ3n) is 3.45. The Bertz CT molecular complexity index is 146. The standard InChI is InChI=1S/C15H34N.BrH/c1-5-7-8-9-10-11-12-13-15-16(3,4)14-6-2;/h5-15H2,1-4H3;1H/q+1;/p-1. The van der Waals surface area contributed by atoms with Gasteiger partial charge in [0.1, 0.15) is 0 Å². The van der Waals surface area contributed by atoms with Crippen LogP contribution in [0.15, 0.2) is 0 Å². The number of quaternary nitrogens is 1. The van der Waals surface area contributed by atoms with Crippen LogP contribution in [0.3, 0.4) is 0 Å². The molecule has 0 atom stereocenters. The van der Waals surface area contributed by atoms with Crippen LogP contribution in [0, 0.1) is 0 Å². The monoisotopic (exact) mass is 307 g/mol. The number of hydrogen-bond donors (Lipinski definition) is 0. The zero-order valence-electron chi connectivity index (χ0n) is 12.6. The molecule has 0 aliphatic rings. The average molecular weight is 308 g/mol. The zero-order valence-corrected chi connectivity index (χ0v) is 14.2. The molecule has 0 aliphatic carbocycles.